The Labute approximate surface area is 445 Å². The van der Waals surface area contributed by atoms with E-state index >= 15 is 9.59 Å². The number of methoxy groups -OCH3 is 2. The molecule has 14 atom stereocenters. The Kier molecular flexibility index (Phi) is 22.8. The highest BCUT2D eigenvalue weighted by Gasteiger charge is 2.48. The number of amides is 7. The lowest BCUT2D eigenvalue weighted by Crippen LogP contribution is -2.66. The first kappa shape index (κ1) is 60.4. The van der Waals surface area contributed by atoms with Crippen LogP contribution in [0.2, 0.25) is 0 Å². The molecule has 3 aliphatic rings. The van der Waals surface area contributed by atoms with Crippen LogP contribution in [0, 0.1) is 17.8 Å². The van der Waals surface area contributed by atoms with Gasteiger partial charge in [-0.1, -0.05) is 95.2 Å². The van der Waals surface area contributed by atoms with E-state index in [1.807, 2.05) is 13.8 Å². The molecule has 0 aromatic heterocycles. The molecule has 2 fully saturated rings. The van der Waals surface area contributed by atoms with Crippen LogP contribution in [0.4, 0.5) is 0 Å². The van der Waals surface area contributed by atoms with Crippen LogP contribution in [-0.4, -0.2) is 167 Å². The minimum atomic E-state index is -1.78. The molecule has 0 spiro atoms. The number of esters is 1. The van der Waals surface area contributed by atoms with Crippen LogP contribution in [0.5, 0.6) is 5.75 Å². The van der Waals surface area contributed by atoms with Gasteiger partial charge in [-0.3, -0.25) is 33.6 Å². The predicted octanol–water partition coefficient (Wildman–Crippen LogP) is 1.54. The van der Waals surface area contributed by atoms with Crippen molar-refractivity contribution in [1.82, 2.24) is 36.4 Å². The number of hydrogen-bond donors (Lipinski definition) is 8. The van der Waals surface area contributed by atoms with E-state index in [2.05, 4.69) is 26.6 Å². The van der Waals surface area contributed by atoms with Crippen molar-refractivity contribution in [3.8, 4) is 5.75 Å². The number of hydrogen-bond acceptors (Lipinski definition) is 14. The third-order valence-electron chi connectivity index (χ3n) is 15.0. The summed E-state index contributed by atoms with van der Waals surface area (Å²) < 4.78 is 17.0. The number of ether oxygens (including phenoxy) is 3. The first-order valence-corrected chi connectivity index (χ1v) is 26.4. The van der Waals surface area contributed by atoms with Crippen LogP contribution in [0.3, 0.4) is 0 Å². The molecule has 7 amide bonds. The van der Waals surface area contributed by atoms with Gasteiger partial charge in [-0.2, -0.15) is 0 Å². The third kappa shape index (κ3) is 15.8. The van der Waals surface area contributed by atoms with Crippen LogP contribution < -0.4 is 26.6 Å². The van der Waals surface area contributed by atoms with E-state index in [1.54, 1.807) is 68.5 Å². The maximum atomic E-state index is 15.2. The van der Waals surface area contributed by atoms with Crippen molar-refractivity contribution in [3.05, 3.63) is 77.9 Å². The van der Waals surface area contributed by atoms with Crippen LogP contribution in [0.25, 0.3) is 0 Å². The van der Waals surface area contributed by atoms with Gasteiger partial charge in [-0.25, -0.2) is 4.79 Å². The molecular weight excluding hydrogens is 983 g/mol. The number of phenols is 1. The van der Waals surface area contributed by atoms with E-state index in [0.29, 0.717) is 36.8 Å². The van der Waals surface area contributed by atoms with Gasteiger partial charge in [0.2, 0.25) is 35.4 Å². The zero-order valence-corrected chi connectivity index (χ0v) is 44.9. The minimum Gasteiger partial charge on any atom is -0.508 e. The number of aliphatic hydroxyl groups excluding tert-OH is 2. The van der Waals surface area contributed by atoms with Gasteiger partial charge in [-0.05, 0) is 92.9 Å². The molecule has 2 aromatic rings. The molecule has 418 valence electrons. The van der Waals surface area contributed by atoms with Crippen LogP contribution in [-0.2, 0) is 65.4 Å². The lowest BCUT2D eigenvalue weighted by Gasteiger charge is -2.46. The number of piperidine rings is 1. The van der Waals surface area contributed by atoms with Crippen LogP contribution >= 0.6 is 0 Å². The molecule has 8 N–H and O–H groups in total. The fourth-order valence-electron chi connectivity index (χ4n) is 9.83. The Balaban J connectivity index is 1.64. The average Bonchev–Trinajstić information content (AvgIpc) is 3.42. The van der Waals surface area contributed by atoms with Gasteiger partial charge >= 0.3 is 5.97 Å². The van der Waals surface area contributed by atoms with Gasteiger partial charge in [-0.15, -0.1) is 0 Å². The second-order valence-electron chi connectivity index (χ2n) is 20.3. The summed E-state index contributed by atoms with van der Waals surface area (Å²) in [5.41, 5.74) is 1.36. The topological polar surface area (TPSA) is 292 Å². The van der Waals surface area contributed by atoms with Gasteiger partial charge in [0.25, 0.3) is 5.91 Å². The molecule has 2 aliphatic heterocycles. The van der Waals surface area contributed by atoms with Crippen molar-refractivity contribution in [1.29, 1.82) is 0 Å². The molecule has 76 heavy (non-hydrogen) atoms. The number of phenolic OH excluding ortho intramolecular Hbond substituents is 1. The molecule has 2 bridgehead atoms. The number of allylic oxidation sites excluding steroid dienone is 1. The first-order chi connectivity index (χ1) is 36.2. The maximum absolute atomic E-state index is 15.2. The van der Waals surface area contributed by atoms with E-state index in [-0.39, 0.29) is 50.2 Å². The Morgan fingerprint density at radius 3 is 2.11 bits per heavy atom. The number of aryl methyl sites for hydroxylation is 1. The number of nitrogens with one attached hydrogen (secondary N) is 5. The monoisotopic (exact) mass is 1060 g/mol. The summed E-state index contributed by atoms with van der Waals surface area (Å²) in [7, 11) is 4.08. The average molecular weight is 1060 g/mol. The number of benzene rings is 2. The highest BCUT2D eigenvalue weighted by Crippen LogP contribution is 2.30. The van der Waals surface area contributed by atoms with E-state index < -0.39 is 133 Å². The molecule has 1 aliphatic carbocycles. The SMILES string of the molecule is CCC(C)[C@@H]1NC(=O)[C@H](Cc2ccccc2)N(C)C(=O)[C@H](C(C)CC)N2C(=O)[C@H](CC[C@H]2OC)NC(=O)[C@H](CC2C=C[C@H](O)CC2)NC(=O)[C@@H](NC(=O)[C@@H](CCc2ccc(O)cc2)NC(=O)[C@@H](CO)OC)[C@@H](C)OC1=O. The van der Waals surface area contributed by atoms with Crippen molar-refractivity contribution in [2.24, 2.45) is 17.8 Å². The number of aromatic hydroxyl groups is 1. The van der Waals surface area contributed by atoms with Gasteiger partial charge < -0.3 is 65.9 Å². The number of carbonyl (C=O) groups is 8. The largest absolute Gasteiger partial charge is 0.508 e. The lowest BCUT2D eigenvalue weighted by atomic mass is 9.88. The second kappa shape index (κ2) is 28.6. The summed E-state index contributed by atoms with van der Waals surface area (Å²) >= 11 is 0. The van der Waals surface area contributed by atoms with E-state index in [4.69, 9.17) is 14.2 Å². The summed E-state index contributed by atoms with van der Waals surface area (Å²) in [5.74, 6) is -7.88. The summed E-state index contributed by atoms with van der Waals surface area (Å²) in [4.78, 5) is 120. The van der Waals surface area contributed by atoms with Gasteiger partial charge in [0.05, 0.1) is 12.7 Å². The lowest BCUT2D eigenvalue weighted by molar-refractivity contribution is -0.171. The van der Waals surface area contributed by atoms with E-state index in [1.165, 1.54) is 50.1 Å². The fraction of sp³-hybridized carbons (Fsp3) is 0.600. The van der Waals surface area contributed by atoms with Gasteiger partial charge in [0.1, 0.15) is 60.4 Å². The summed E-state index contributed by atoms with van der Waals surface area (Å²) in [6, 6.07) is 5.52. The summed E-state index contributed by atoms with van der Waals surface area (Å²) in [5, 5.41) is 43.8. The fourth-order valence-corrected chi connectivity index (χ4v) is 9.83. The molecule has 2 saturated heterocycles. The summed E-state index contributed by atoms with van der Waals surface area (Å²) in [6.07, 6.45) is 0.703. The Hall–Kier alpha value is -6.42. The number of cyclic esters (lactones) is 1. The molecule has 3 unspecified atom stereocenters. The number of nitrogens with zero attached hydrogens (tertiary/aromatic N) is 2. The number of aliphatic hydroxyl groups is 2. The molecule has 5 rings (SSSR count). The van der Waals surface area contributed by atoms with E-state index in [0.717, 1.165) is 0 Å². The minimum absolute atomic E-state index is 0.000158. The smallest absolute Gasteiger partial charge is 0.329 e. The first-order valence-electron chi connectivity index (χ1n) is 26.4. The molecule has 2 heterocycles. The number of fused-ring (bicyclic) bond motifs is 2. The quantitative estimate of drug-likeness (QED) is 0.0777. The molecule has 21 heteroatoms. The van der Waals surface area contributed by atoms with Crippen LogP contribution in [0.15, 0.2) is 66.7 Å². The third-order valence-corrected chi connectivity index (χ3v) is 15.0. The highest BCUT2D eigenvalue weighted by molar-refractivity contribution is 5.98. The zero-order chi connectivity index (χ0) is 55.8. The number of carbonyl (C=O) groups excluding carboxylic acids is 8. The van der Waals surface area contributed by atoms with E-state index in [9.17, 15) is 44.1 Å². The van der Waals surface area contributed by atoms with Crippen molar-refractivity contribution in [3.63, 3.8) is 0 Å². The number of likely N-dealkylation sites (N-methyl/N-ethyl adjacent to an activating group) is 1. The van der Waals surface area contributed by atoms with Crippen molar-refractivity contribution >= 4 is 47.3 Å². The molecule has 0 saturated carbocycles. The Morgan fingerprint density at radius 2 is 1.50 bits per heavy atom. The molecule has 0 radical (unpaired) electrons. The van der Waals surface area contributed by atoms with Gasteiger partial charge in [0, 0.05) is 27.7 Å². The Morgan fingerprint density at radius 1 is 0.816 bits per heavy atom. The normalized spacial score (nSPS) is 27.8. The zero-order valence-electron chi connectivity index (χ0n) is 44.9. The second-order valence-corrected chi connectivity index (χ2v) is 20.3. The standard InChI is InChI=1S/C55H79N7O14/c1-9-31(3)45-55(73)76-33(5)46(60-48(66)39(56-51(69)43(30-63)74-7)25-20-34-16-21-37(64)22-17-34)52(70)58-41(28-36-18-23-38(65)24-19-36)49(67)57-40-26-27-44(75-8)62(53(40)71)47(32(4)10-2)54(72)61(6)42(50(68)59-45)29-35-14-12-11-13-15-35/h11-18,21-23,31-33,36,38-47,63-65H,9-10,19-20,24-30H2,1-8H3,(H,56,69)(H,57,67)(H,58,70)(H,59,68)(H,60,66)/t31?,32?,33-,36?,38+,39-,40+,41+,42+,43-,44-,45+,46+,47+/m1/s1. The van der Waals surface area contributed by atoms with Crippen molar-refractivity contribution < 1.29 is 67.9 Å². The molecule has 21 nitrogen and oxygen atoms in total. The van der Waals surface area contributed by atoms with Crippen molar-refractivity contribution in [2.75, 3.05) is 27.9 Å². The van der Waals surface area contributed by atoms with Gasteiger partial charge in [0.15, 0.2) is 6.10 Å². The van der Waals surface area contributed by atoms with Crippen LogP contribution in [0.1, 0.15) is 97.1 Å². The maximum Gasteiger partial charge on any atom is 0.329 e. The highest BCUT2D eigenvalue weighted by atomic mass is 16.5. The predicted molar refractivity (Wildman–Crippen MR) is 278 cm³/mol. The summed E-state index contributed by atoms with van der Waals surface area (Å²) in [6.45, 7) is 7.80. The number of rotatable bonds is 18. The molecular formula is C55H79N7O14. The molecule has 2 aromatic carbocycles. The Bertz CT molecular complexity index is 2330. The van der Waals surface area contributed by atoms with Crippen molar-refractivity contribution in [2.45, 2.75) is 166 Å².